The molecule has 0 N–H and O–H groups in total. The summed E-state index contributed by atoms with van der Waals surface area (Å²) in [5.74, 6) is 1.90. The lowest BCUT2D eigenvalue weighted by molar-refractivity contribution is 0.0781. The van der Waals surface area contributed by atoms with Gasteiger partial charge in [-0.05, 0) is 37.3 Å². The highest BCUT2D eigenvalue weighted by atomic mass is 16.5. The third-order valence-corrected chi connectivity index (χ3v) is 4.28. The zero-order chi connectivity index (χ0) is 19.2. The first-order valence-corrected chi connectivity index (χ1v) is 8.79. The topological polar surface area (TPSA) is 38.8 Å². The third-order valence-electron chi connectivity index (χ3n) is 4.28. The fraction of sp³-hybridized carbons (Fsp3) is 0.174. The van der Waals surface area contributed by atoms with Gasteiger partial charge in [0.2, 0.25) is 0 Å². The largest absolute Gasteiger partial charge is 0.496 e. The lowest BCUT2D eigenvalue weighted by Gasteiger charge is -2.20. The molecule has 0 unspecified atom stereocenters. The summed E-state index contributed by atoms with van der Waals surface area (Å²) in [6.07, 6.45) is 0. The highest BCUT2D eigenvalue weighted by molar-refractivity contribution is 5.96. The smallest absolute Gasteiger partial charge is 0.257 e. The maximum atomic E-state index is 13.0. The van der Waals surface area contributed by atoms with Gasteiger partial charge in [0.1, 0.15) is 17.2 Å². The number of ether oxygens (including phenoxy) is 2. The maximum absolute atomic E-state index is 13.0. The highest BCUT2D eigenvalue weighted by Crippen LogP contribution is 2.27. The molecule has 0 aliphatic carbocycles. The predicted molar refractivity (Wildman–Crippen MR) is 106 cm³/mol. The average molecular weight is 361 g/mol. The molecule has 0 spiro atoms. The van der Waals surface area contributed by atoms with Crippen molar-refractivity contribution in [1.82, 2.24) is 4.90 Å². The summed E-state index contributed by atoms with van der Waals surface area (Å²) >= 11 is 0. The number of amides is 1. The van der Waals surface area contributed by atoms with Gasteiger partial charge in [-0.15, -0.1) is 0 Å². The zero-order valence-electron chi connectivity index (χ0n) is 15.8. The molecular formula is C23H23NO3. The first kappa shape index (κ1) is 18.5. The second-order valence-corrected chi connectivity index (χ2v) is 6.39. The Labute approximate surface area is 160 Å². The summed E-state index contributed by atoms with van der Waals surface area (Å²) in [6.45, 7) is 2.47. The lowest BCUT2D eigenvalue weighted by atomic mass is 10.1. The van der Waals surface area contributed by atoms with Crippen molar-refractivity contribution in [3.05, 3.63) is 89.5 Å². The molecule has 0 atom stereocenters. The van der Waals surface area contributed by atoms with Gasteiger partial charge in [-0.25, -0.2) is 0 Å². The normalized spacial score (nSPS) is 10.3. The Hall–Kier alpha value is -3.27. The molecule has 0 aliphatic rings. The van der Waals surface area contributed by atoms with Crippen LogP contribution in [-0.4, -0.2) is 25.0 Å². The van der Waals surface area contributed by atoms with Crippen molar-refractivity contribution in [3.8, 4) is 17.2 Å². The van der Waals surface area contributed by atoms with Crippen LogP contribution in [-0.2, 0) is 6.54 Å². The highest BCUT2D eigenvalue weighted by Gasteiger charge is 2.18. The summed E-state index contributed by atoms with van der Waals surface area (Å²) in [5, 5.41) is 0. The summed E-state index contributed by atoms with van der Waals surface area (Å²) in [5.41, 5.74) is 2.62. The van der Waals surface area contributed by atoms with Crippen LogP contribution < -0.4 is 9.47 Å². The van der Waals surface area contributed by atoms with Crippen LogP contribution in [0.2, 0.25) is 0 Å². The standard InChI is InChI=1S/C23H23NO3/c1-17-13-14-21(26-3)18(15-17)16-24(2)23(25)20-11-7-8-12-22(20)27-19-9-5-4-6-10-19/h4-15H,16H2,1-3H3. The van der Waals surface area contributed by atoms with Gasteiger partial charge in [-0.1, -0.05) is 48.0 Å². The second-order valence-electron chi connectivity index (χ2n) is 6.39. The number of para-hydroxylation sites is 2. The number of carbonyl (C=O) groups excluding carboxylic acids is 1. The van der Waals surface area contributed by atoms with Gasteiger partial charge in [0, 0.05) is 19.2 Å². The molecule has 0 aromatic heterocycles. The Kier molecular flexibility index (Phi) is 5.77. The van der Waals surface area contributed by atoms with Gasteiger partial charge >= 0.3 is 0 Å². The van der Waals surface area contributed by atoms with Gasteiger partial charge in [-0.2, -0.15) is 0 Å². The number of aryl methyl sites for hydroxylation is 1. The molecular weight excluding hydrogens is 338 g/mol. The van der Waals surface area contributed by atoms with Gasteiger partial charge < -0.3 is 14.4 Å². The molecule has 138 valence electrons. The third kappa shape index (κ3) is 4.47. The molecule has 4 nitrogen and oxygen atoms in total. The van der Waals surface area contributed by atoms with E-state index in [1.165, 1.54) is 0 Å². The zero-order valence-corrected chi connectivity index (χ0v) is 15.8. The molecule has 3 aromatic carbocycles. The number of methoxy groups -OCH3 is 1. The Morgan fingerprint density at radius 3 is 2.37 bits per heavy atom. The quantitative estimate of drug-likeness (QED) is 0.615. The van der Waals surface area contributed by atoms with Crippen molar-refractivity contribution in [3.63, 3.8) is 0 Å². The number of carbonyl (C=O) groups is 1. The van der Waals surface area contributed by atoms with Crippen LogP contribution in [0.4, 0.5) is 0 Å². The molecule has 3 aromatic rings. The van der Waals surface area contributed by atoms with Gasteiger partial charge in [0.05, 0.1) is 12.7 Å². The Balaban J connectivity index is 1.83. The molecule has 1 amide bonds. The van der Waals surface area contributed by atoms with Crippen molar-refractivity contribution in [2.24, 2.45) is 0 Å². The molecule has 3 rings (SSSR count). The summed E-state index contributed by atoms with van der Waals surface area (Å²) in [4.78, 5) is 14.7. The van der Waals surface area contributed by atoms with Crippen molar-refractivity contribution in [2.45, 2.75) is 13.5 Å². The fourth-order valence-corrected chi connectivity index (χ4v) is 2.91. The van der Waals surface area contributed by atoms with Crippen molar-refractivity contribution in [1.29, 1.82) is 0 Å². The minimum Gasteiger partial charge on any atom is -0.496 e. The van der Waals surface area contributed by atoms with E-state index in [9.17, 15) is 4.79 Å². The van der Waals surface area contributed by atoms with E-state index in [0.717, 1.165) is 16.9 Å². The average Bonchev–Trinajstić information content (AvgIpc) is 2.69. The van der Waals surface area contributed by atoms with Crippen LogP contribution in [0.5, 0.6) is 17.2 Å². The molecule has 0 aliphatic heterocycles. The van der Waals surface area contributed by atoms with E-state index >= 15 is 0 Å². The molecule has 0 fully saturated rings. The van der Waals surface area contributed by atoms with Crippen LogP contribution in [0, 0.1) is 6.92 Å². The van der Waals surface area contributed by atoms with Crippen LogP contribution in [0.15, 0.2) is 72.8 Å². The molecule has 0 heterocycles. The predicted octanol–water partition coefficient (Wildman–Crippen LogP) is 5.07. The molecule has 0 bridgehead atoms. The summed E-state index contributed by atoms with van der Waals surface area (Å²) in [6, 6.07) is 22.7. The van der Waals surface area contributed by atoms with E-state index < -0.39 is 0 Å². The Bertz CT molecular complexity index is 922. The summed E-state index contributed by atoms with van der Waals surface area (Å²) in [7, 11) is 3.42. The van der Waals surface area contributed by atoms with E-state index in [2.05, 4.69) is 0 Å². The lowest BCUT2D eigenvalue weighted by Crippen LogP contribution is -2.26. The van der Waals surface area contributed by atoms with E-state index in [1.807, 2.05) is 67.6 Å². The molecule has 27 heavy (non-hydrogen) atoms. The SMILES string of the molecule is COc1ccc(C)cc1CN(C)C(=O)c1ccccc1Oc1ccccc1. The van der Waals surface area contributed by atoms with E-state index in [0.29, 0.717) is 23.6 Å². The summed E-state index contributed by atoms with van der Waals surface area (Å²) < 4.78 is 11.3. The van der Waals surface area contributed by atoms with Gasteiger partial charge in [0.25, 0.3) is 5.91 Å². The fourth-order valence-electron chi connectivity index (χ4n) is 2.91. The number of rotatable bonds is 6. The monoisotopic (exact) mass is 361 g/mol. The number of nitrogens with zero attached hydrogens (tertiary/aromatic N) is 1. The molecule has 0 saturated heterocycles. The Morgan fingerprint density at radius 2 is 1.63 bits per heavy atom. The van der Waals surface area contributed by atoms with E-state index in [4.69, 9.17) is 9.47 Å². The molecule has 0 saturated carbocycles. The van der Waals surface area contributed by atoms with E-state index in [1.54, 1.807) is 31.2 Å². The molecule has 4 heteroatoms. The van der Waals surface area contributed by atoms with Crippen molar-refractivity contribution < 1.29 is 14.3 Å². The van der Waals surface area contributed by atoms with Crippen LogP contribution in [0.1, 0.15) is 21.5 Å². The van der Waals surface area contributed by atoms with Crippen LogP contribution in [0.3, 0.4) is 0 Å². The molecule has 0 radical (unpaired) electrons. The van der Waals surface area contributed by atoms with Crippen molar-refractivity contribution in [2.75, 3.05) is 14.2 Å². The first-order valence-electron chi connectivity index (χ1n) is 8.79. The van der Waals surface area contributed by atoms with E-state index in [-0.39, 0.29) is 5.91 Å². The Morgan fingerprint density at radius 1 is 0.926 bits per heavy atom. The van der Waals surface area contributed by atoms with Gasteiger partial charge in [-0.3, -0.25) is 4.79 Å². The number of hydrogen-bond acceptors (Lipinski definition) is 3. The van der Waals surface area contributed by atoms with Gasteiger partial charge in [0.15, 0.2) is 0 Å². The van der Waals surface area contributed by atoms with Crippen LogP contribution in [0.25, 0.3) is 0 Å². The van der Waals surface area contributed by atoms with Crippen LogP contribution >= 0.6 is 0 Å². The minimum absolute atomic E-state index is 0.106. The second kappa shape index (κ2) is 8.41. The number of benzene rings is 3. The maximum Gasteiger partial charge on any atom is 0.257 e. The first-order chi connectivity index (χ1) is 13.1. The van der Waals surface area contributed by atoms with Crippen molar-refractivity contribution >= 4 is 5.91 Å². The minimum atomic E-state index is -0.106. The number of hydrogen-bond donors (Lipinski definition) is 0.